The quantitative estimate of drug-likeness (QED) is 0.721. The Labute approximate surface area is 76.7 Å². The van der Waals surface area contributed by atoms with E-state index in [9.17, 15) is 4.79 Å². The molecule has 13 heavy (non-hydrogen) atoms. The lowest BCUT2D eigenvalue weighted by Crippen LogP contribution is -2.10. The molecule has 0 aliphatic carbocycles. The molecule has 70 valence electrons. The lowest BCUT2D eigenvalue weighted by atomic mass is 10.2. The number of nitrogens with one attached hydrogen (secondary N) is 1. The molecule has 1 aromatic rings. The third-order valence-corrected chi connectivity index (χ3v) is 1.62. The summed E-state index contributed by atoms with van der Waals surface area (Å²) in [5.41, 5.74) is 7.14. The van der Waals surface area contributed by atoms with Gasteiger partial charge in [0.05, 0.1) is 7.11 Å². The molecule has 0 radical (unpaired) electrons. The van der Waals surface area contributed by atoms with Gasteiger partial charge in [-0.15, -0.1) is 0 Å². The molecule has 0 aliphatic rings. The van der Waals surface area contributed by atoms with E-state index in [-0.39, 0.29) is 0 Å². The van der Waals surface area contributed by atoms with E-state index < -0.39 is 6.09 Å². The fourth-order valence-electron chi connectivity index (χ4n) is 0.893. The van der Waals surface area contributed by atoms with Crippen molar-refractivity contribution in [1.29, 1.82) is 0 Å². The number of carbonyl (C=O) groups excluding carboxylic acids is 1. The van der Waals surface area contributed by atoms with Crippen LogP contribution >= 0.6 is 0 Å². The first-order chi connectivity index (χ1) is 6.26. The van der Waals surface area contributed by atoms with E-state index in [0.29, 0.717) is 12.2 Å². The van der Waals surface area contributed by atoms with Crippen molar-refractivity contribution in [2.45, 2.75) is 6.54 Å². The van der Waals surface area contributed by atoms with Crippen molar-refractivity contribution in [3.8, 4) is 0 Å². The summed E-state index contributed by atoms with van der Waals surface area (Å²) < 4.78 is 4.44. The fraction of sp³-hybridized carbons (Fsp3) is 0.222. The topological polar surface area (TPSA) is 64.3 Å². The molecule has 3 N–H and O–H groups in total. The van der Waals surface area contributed by atoms with Crippen LogP contribution in [-0.2, 0) is 11.3 Å². The second-order valence-corrected chi connectivity index (χ2v) is 2.52. The average molecular weight is 180 g/mol. The van der Waals surface area contributed by atoms with Crippen LogP contribution in [0.1, 0.15) is 5.56 Å². The first-order valence-electron chi connectivity index (χ1n) is 3.90. The lowest BCUT2D eigenvalue weighted by Gasteiger charge is -2.03. The standard InChI is InChI=1S/C9H12N2O2/c1-13-9(12)11-8-4-2-7(6-10)3-5-8/h2-5H,6,10H2,1H3,(H,11,12). The van der Waals surface area contributed by atoms with E-state index in [0.717, 1.165) is 5.56 Å². The molecule has 0 saturated heterocycles. The van der Waals surface area contributed by atoms with Gasteiger partial charge in [-0.1, -0.05) is 12.1 Å². The highest BCUT2D eigenvalue weighted by molar-refractivity contribution is 5.84. The molecule has 0 atom stereocenters. The molecule has 0 fully saturated rings. The lowest BCUT2D eigenvalue weighted by molar-refractivity contribution is 0.187. The number of nitrogens with two attached hydrogens (primary N) is 1. The van der Waals surface area contributed by atoms with E-state index in [4.69, 9.17) is 5.73 Å². The number of ether oxygens (including phenoxy) is 1. The number of rotatable bonds is 2. The molecule has 0 heterocycles. The summed E-state index contributed by atoms with van der Waals surface area (Å²) in [5, 5.41) is 2.54. The Balaban J connectivity index is 2.64. The number of hydrogen-bond donors (Lipinski definition) is 2. The molecule has 0 unspecified atom stereocenters. The first kappa shape index (κ1) is 9.54. The molecular weight excluding hydrogens is 168 g/mol. The summed E-state index contributed by atoms with van der Waals surface area (Å²) >= 11 is 0. The summed E-state index contributed by atoms with van der Waals surface area (Å²) in [6.45, 7) is 0.499. The predicted octanol–water partition coefficient (Wildman–Crippen LogP) is 1.32. The van der Waals surface area contributed by atoms with Crippen LogP contribution in [0.4, 0.5) is 10.5 Å². The zero-order valence-electron chi connectivity index (χ0n) is 7.41. The van der Waals surface area contributed by atoms with Crippen LogP contribution in [0.25, 0.3) is 0 Å². The van der Waals surface area contributed by atoms with Crippen LogP contribution in [0.3, 0.4) is 0 Å². The van der Waals surface area contributed by atoms with Crippen molar-refractivity contribution in [3.63, 3.8) is 0 Å². The molecule has 4 nitrogen and oxygen atoms in total. The SMILES string of the molecule is COC(=O)Nc1ccc(CN)cc1. The monoisotopic (exact) mass is 180 g/mol. The number of carbonyl (C=O) groups is 1. The summed E-state index contributed by atoms with van der Waals surface area (Å²) in [5.74, 6) is 0. The smallest absolute Gasteiger partial charge is 0.411 e. The van der Waals surface area contributed by atoms with Crippen LogP contribution in [0.2, 0.25) is 0 Å². The minimum absolute atomic E-state index is 0.472. The van der Waals surface area contributed by atoms with Crippen molar-refractivity contribution in [2.75, 3.05) is 12.4 Å². The Morgan fingerprint density at radius 2 is 2.08 bits per heavy atom. The van der Waals surface area contributed by atoms with Crippen LogP contribution in [0, 0.1) is 0 Å². The zero-order chi connectivity index (χ0) is 9.68. The first-order valence-corrected chi connectivity index (χ1v) is 3.90. The van der Waals surface area contributed by atoms with E-state index >= 15 is 0 Å². The number of amides is 1. The molecule has 0 aromatic heterocycles. The summed E-state index contributed by atoms with van der Waals surface area (Å²) in [7, 11) is 1.32. The zero-order valence-corrected chi connectivity index (χ0v) is 7.41. The van der Waals surface area contributed by atoms with Gasteiger partial charge in [0.2, 0.25) is 0 Å². The number of methoxy groups -OCH3 is 1. The highest BCUT2D eigenvalue weighted by atomic mass is 16.5. The van der Waals surface area contributed by atoms with E-state index in [1.165, 1.54) is 7.11 Å². The van der Waals surface area contributed by atoms with Gasteiger partial charge in [-0.25, -0.2) is 4.79 Å². The van der Waals surface area contributed by atoms with Gasteiger partial charge in [0.25, 0.3) is 0 Å². The van der Waals surface area contributed by atoms with E-state index in [1.807, 2.05) is 12.1 Å². The van der Waals surface area contributed by atoms with Gasteiger partial charge in [0.15, 0.2) is 0 Å². The van der Waals surface area contributed by atoms with Gasteiger partial charge >= 0.3 is 6.09 Å². The van der Waals surface area contributed by atoms with E-state index in [1.54, 1.807) is 12.1 Å². The van der Waals surface area contributed by atoms with Gasteiger partial charge < -0.3 is 10.5 Å². The second-order valence-electron chi connectivity index (χ2n) is 2.52. The maximum Gasteiger partial charge on any atom is 0.411 e. The van der Waals surface area contributed by atoms with Gasteiger partial charge in [0.1, 0.15) is 0 Å². The normalized spacial score (nSPS) is 9.38. The van der Waals surface area contributed by atoms with Crippen LogP contribution in [0.15, 0.2) is 24.3 Å². The van der Waals surface area contributed by atoms with Gasteiger partial charge in [-0.2, -0.15) is 0 Å². The van der Waals surface area contributed by atoms with Crippen molar-refractivity contribution in [2.24, 2.45) is 5.73 Å². The fourth-order valence-corrected chi connectivity index (χ4v) is 0.893. The molecule has 0 spiro atoms. The number of anilines is 1. The Morgan fingerprint density at radius 3 is 2.54 bits per heavy atom. The van der Waals surface area contributed by atoms with Crippen LogP contribution < -0.4 is 11.1 Å². The van der Waals surface area contributed by atoms with Crippen LogP contribution in [-0.4, -0.2) is 13.2 Å². The highest BCUT2D eigenvalue weighted by Crippen LogP contribution is 2.08. The number of benzene rings is 1. The summed E-state index contributed by atoms with van der Waals surface area (Å²) in [4.78, 5) is 10.8. The van der Waals surface area contributed by atoms with Crippen molar-refractivity contribution >= 4 is 11.8 Å². The third kappa shape index (κ3) is 2.76. The third-order valence-electron chi connectivity index (χ3n) is 1.62. The van der Waals surface area contributed by atoms with Crippen molar-refractivity contribution in [1.82, 2.24) is 0 Å². The molecule has 4 heteroatoms. The van der Waals surface area contributed by atoms with Crippen LogP contribution in [0.5, 0.6) is 0 Å². The Hall–Kier alpha value is -1.55. The van der Waals surface area contributed by atoms with Gasteiger partial charge in [-0.3, -0.25) is 5.32 Å². The summed E-state index contributed by atoms with van der Waals surface area (Å²) in [6, 6.07) is 7.26. The predicted molar refractivity (Wildman–Crippen MR) is 50.4 cm³/mol. The molecule has 1 amide bonds. The molecule has 0 aliphatic heterocycles. The maximum atomic E-state index is 10.8. The minimum atomic E-state index is -0.472. The molecule has 1 rings (SSSR count). The Morgan fingerprint density at radius 1 is 1.46 bits per heavy atom. The van der Waals surface area contributed by atoms with Gasteiger partial charge in [0, 0.05) is 12.2 Å². The van der Waals surface area contributed by atoms with Gasteiger partial charge in [-0.05, 0) is 17.7 Å². The van der Waals surface area contributed by atoms with Crippen molar-refractivity contribution in [3.05, 3.63) is 29.8 Å². The molecule has 1 aromatic carbocycles. The number of hydrogen-bond acceptors (Lipinski definition) is 3. The second kappa shape index (κ2) is 4.47. The molecule has 0 saturated carbocycles. The largest absolute Gasteiger partial charge is 0.453 e. The summed E-state index contributed by atoms with van der Waals surface area (Å²) in [6.07, 6.45) is -0.472. The molecule has 0 bridgehead atoms. The molecular formula is C9H12N2O2. The minimum Gasteiger partial charge on any atom is -0.453 e. The maximum absolute atomic E-state index is 10.8. The van der Waals surface area contributed by atoms with E-state index in [2.05, 4.69) is 10.1 Å². The van der Waals surface area contributed by atoms with Crippen molar-refractivity contribution < 1.29 is 9.53 Å². The Bertz CT molecular complexity index is 282. The average Bonchev–Trinajstić information content (AvgIpc) is 2.19. The Kier molecular flexibility index (Phi) is 3.28. The highest BCUT2D eigenvalue weighted by Gasteiger charge is 1.98.